The maximum absolute atomic E-state index is 12.4. The minimum atomic E-state index is -1.05. The number of nitrogens with zero attached hydrogens (tertiary/aromatic N) is 2. The number of nitriles is 1. The minimum absolute atomic E-state index is 0.0478. The van der Waals surface area contributed by atoms with Crippen molar-refractivity contribution in [3.05, 3.63) is 29.8 Å². The van der Waals surface area contributed by atoms with Gasteiger partial charge < -0.3 is 14.7 Å². The molecule has 5 heteroatoms. The monoisotopic (exact) mass is 288 g/mol. The van der Waals surface area contributed by atoms with Crippen LogP contribution in [0.2, 0.25) is 0 Å². The summed E-state index contributed by atoms with van der Waals surface area (Å²) < 4.78 is 5.80. The number of benzene rings is 1. The second kappa shape index (κ2) is 6.15. The summed E-state index contributed by atoms with van der Waals surface area (Å²) >= 11 is 0. The second-order valence-corrected chi connectivity index (χ2v) is 5.53. The largest absolute Gasteiger partial charge is 0.480 e. The van der Waals surface area contributed by atoms with Gasteiger partial charge in [-0.15, -0.1) is 0 Å². The average molecular weight is 288 g/mol. The first kappa shape index (κ1) is 15.3. The van der Waals surface area contributed by atoms with Crippen LogP contribution >= 0.6 is 0 Å². The van der Waals surface area contributed by atoms with Crippen molar-refractivity contribution in [2.75, 3.05) is 13.1 Å². The Hall–Kier alpha value is -2.06. The van der Waals surface area contributed by atoms with E-state index in [4.69, 9.17) is 10.00 Å². The average Bonchev–Trinajstić information content (AvgIpc) is 2.43. The highest BCUT2D eigenvalue weighted by molar-refractivity contribution is 5.82. The molecule has 1 aromatic rings. The Morgan fingerprint density at radius 3 is 2.76 bits per heavy atom. The molecule has 1 aromatic carbocycles. The van der Waals surface area contributed by atoms with Crippen LogP contribution in [0.5, 0.6) is 5.75 Å². The SMILES string of the molecule is CC[C@H](Oc1ccccc1C)C(=O)N1CC(O)(CC#N)C1. The third kappa shape index (κ3) is 3.34. The van der Waals surface area contributed by atoms with Gasteiger partial charge in [0.15, 0.2) is 6.10 Å². The quantitative estimate of drug-likeness (QED) is 0.894. The van der Waals surface area contributed by atoms with Gasteiger partial charge in [0.25, 0.3) is 5.91 Å². The number of carbonyl (C=O) groups excluding carboxylic acids is 1. The van der Waals surface area contributed by atoms with E-state index in [1.165, 1.54) is 0 Å². The first-order chi connectivity index (χ1) is 9.99. The van der Waals surface area contributed by atoms with Gasteiger partial charge in [-0.2, -0.15) is 5.26 Å². The van der Waals surface area contributed by atoms with Crippen LogP contribution in [0.1, 0.15) is 25.3 Å². The topological polar surface area (TPSA) is 73.6 Å². The van der Waals surface area contributed by atoms with Gasteiger partial charge in [-0.1, -0.05) is 25.1 Å². The lowest BCUT2D eigenvalue weighted by Crippen LogP contribution is -2.65. The zero-order chi connectivity index (χ0) is 15.5. The van der Waals surface area contributed by atoms with Crippen molar-refractivity contribution in [1.82, 2.24) is 4.90 Å². The van der Waals surface area contributed by atoms with Crippen LogP contribution in [0.25, 0.3) is 0 Å². The Balaban J connectivity index is 1.98. The molecule has 1 amide bonds. The molecule has 0 spiro atoms. The highest BCUT2D eigenvalue weighted by Gasteiger charge is 2.45. The van der Waals surface area contributed by atoms with Crippen molar-refractivity contribution in [2.24, 2.45) is 0 Å². The minimum Gasteiger partial charge on any atom is -0.480 e. The summed E-state index contributed by atoms with van der Waals surface area (Å²) in [6.07, 6.45) is 0.0461. The van der Waals surface area contributed by atoms with Crippen LogP contribution in [0.4, 0.5) is 0 Å². The molecule has 1 atom stereocenters. The van der Waals surface area contributed by atoms with E-state index in [1.54, 1.807) is 4.90 Å². The predicted molar refractivity (Wildman–Crippen MR) is 77.6 cm³/mol. The molecule has 112 valence electrons. The standard InChI is InChI=1S/C16H20N2O3/c1-3-13(21-14-7-5-4-6-12(14)2)15(19)18-10-16(20,11-18)8-9-17/h4-7,13,20H,3,8,10-11H2,1-2H3/t13-/m0/s1. The van der Waals surface area contributed by atoms with Crippen molar-refractivity contribution in [3.63, 3.8) is 0 Å². The Kier molecular flexibility index (Phi) is 4.49. The van der Waals surface area contributed by atoms with Crippen LogP contribution in [0.3, 0.4) is 0 Å². The Morgan fingerprint density at radius 2 is 2.19 bits per heavy atom. The van der Waals surface area contributed by atoms with Crippen LogP contribution < -0.4 is 4.74 Å². The summed E-state index contributed by atoms with van der Waals surface area (Å²) in [5.74, 6) is 0.564. The van der Waals surface area contributed by atoms with E-state index in [2.05, 4.69) is 0 Å². The summed E-state index contributed by atoms with van der Waals surface area (Å²) in [6, 6.07) is 9.50. The van der Waals surface area contributed by atoms with E-state index in [9.17, 15) is 9.90 Å². The van der Waals surface area contributed by atoms with Gasteiger partial charge in [0.2, 0.25) is 0 Å². The van der Waals surface area contributed by atoms with E-state index in [1.807, 2.05) is 44.2 Å². The summed E-state index contributed by atoms with van der Waals surface area (Å²) in [5.41, 5.74) is -0.0703. The van der Waals surface area contributed by atoms with Crippen molar-refractivity contribution in [1.29, 1.82) is 5.26 Å². The highest BCUT2D eigenvalue weighted by atomic mass is 16.5. The molecule has 0 unspecified atom stereocenters. The maximum atomic E-state index is 12.4. The van der Waals surface area contributed by atoms with Gasteiger partial charge >= 0.3 is 0 Å². The molecule has 0 saturated carbocycles. The molecule has 1 fully saturated rings. The summed E-state index contributed by atoms with van der Waals surface area (Å²) in [4.78, 5) is 13.9. The molecular weight excluding hydrogens is 268 g/mol. The number of ether oxygens (including phenoxy) is 1. The molecule has 1 N–H and O–H groups in total. The van der Waals surface area contributed by atoms with Crippen molar-refractivity contribution in [3.8, 4) is 11.8 Å². The molecule has 0 radical (unpaired) electrons. The zero-order valence-corrected chi connectivity index (χ0v) is 12.4. The lowest BCUT2D eigenvalue weighted by Gasteiger charge is -2.46. The number of β-amino-alcohol motifs (C(OH)–C–C–N with tert-alkyl or cyclic N) is 1. The number of hydrogen-bond donors (Lipinski definition) is 1. The fourth-order valence-corrected chi connectivity index (χ4v) is 2.43. The fraction of sp³-hybridized carbons (Fsp3) is 0.500. The summed E-state index contributed by atoms with van der Waals surface area (Å²) in [7, 11) is 0. The van der Waals surface area contributed by atoms with Crippen LogP contribution in [-0.2, 0) is 4.79 Å². The molecule has 1 saturated heterocycles. The number of likely N-dealkylation sites (tertiary alicyclic amines) is 1. The second-order valence-electron chi connectivity index (χ2n) is 5.53. The zero-order valence-electron chi connectivity index (χ0n) is 12.4. The van der Waals surface area contributed by atoms with E-state index < -0.39 is 11.7 Å². The van der Waals surface area contributed by atoms with Crippen LogP contribution in [-0.4, -0.2) is 40.7 Å². The van der Waals surface area contributed by atoms with E-state index >= 15 is 0 Å². The summed E-state index contributed by atoms with van der Waals surface area (Å²) in [5, 5.41) is 18.6. The molecule has 2 rings (SSSR count). The third-order valence-corrected chi connectivity index (χ3v) is 3.70. The fourth-order valence-electron chi connectivity index (χ4n) is 2.43. The van der Waals surface area contributed by atoms with E-state index in [0.717, 1.165) is 5.56 Å². The summed E-state index contributed by atoms with van der Waals surface area (Å²) in [6.45, 7) is 4.23. The van der Waals surface area contributed by atoms with Gasteiger partial charge in [0, 0.05) is 0 Å². The van der Waals surface area contributed by atoms with E-state index in [0.29, 0.717) is 12.2 Å². The molecule has 1 aliphatic rings. The first-order valence-corrected chi connectivity index (χ1v) is 7.09. The lowest BCUT2D eigenvalue weighted by molar-refractivity contribution is -0.161. The first-order valence-electron chi connectivity index (χ1n) is 7.09. The lowest BCUT2D eigenvalue weighted by atomic mass is 9.90. The predicted octanol–water partition coefficient (Wildman–Crippen LogP) is 1.64. The van der Waals surface area contributed by atoms with Crippen molar-refractivity contribution >= 4 is 5.91 Å². The number of amides is 1. The Labute approximate surface area is 124 Å². The maximum Gasteiger partial charge on any atom is 0.263 e. The van der Waals surface area contributed by atoms with Gasteiger partial charge in [-0.25, -0.2) is 0 Å². The van der Waals surface area contributed by atoms with Gasteiger partial charge in [-0.3, -0.25) is 4.79 Å². The molecule has 1 heterocycles. The molecule has 0 aromatic heterocycles. The normalized spacial score (nSPS) is 17.5. The van der Waals surface area contributed by atoms with Gasteiger partial charge in [0.05, 0.1) is 25.6 Å². The number of rotatable bonds is 5. The van der Waals surface area contributed by atoms with Gasteiger partial charge in [-0.05, 0) is 25.0 Å². The van der Waals surface area contributed by atoms with Crippen LogP contribution in [0.15, 0.2) is 24.3 Å². The number of hydrogen-bond acceptors (Lipinski definition) is 4. The molecule has 5 nitrogen and oxygen atoms in total. The molecule has 0 bridgehead atoms. The molecule has 21 heavy (non-hydrogen) atoms. The van der Waals surface area contributed by atoms with Crippen molar-refractivity contribution < 1.29 is 14.6 Å². The Bertz CT molecular complexity index is 559. The van der Waals surface area contributed by atoms with E-state index in [-0.39, 0.29) is 25.4 Å². The van der Waals surface area contributed by atoms with Crippen molar-refractivity contribution in [2.45, 2.75) is 38.4 Å². The van der Waals surface area contributed by atoms with Crippen LogP contribution in [0, 0.1) is 18.3 Å². The molecular formula is C16H20N2O3. The number of para-hydroxylation sites is 1. The molecule has 1 aliphatic heterocycles. The Morgan fingerprint density at radius 1 is 1.52 bits per heavy atom. The smallest absolute Gasteiger partial charge is 0.263 e. The third-order valence-electron chi connectivity index (χ3n) is 3.70. The number of carbonyl (C=O) groups is 1. The number of aryl methyl sites for hydroxylation is 1. The molecule has 0 aliphatic carbocycles. The number of aliphatic hydroxyl groups is 1. The van der Waals surface area contributed by atoms with Gasteiger partial charge in [0.1, 0.15) is 11.4 Å². The highest BCUT2D eigenvalue weighted by Crippen LogP contribution is 2.26.